The molecular formula is C28H28N2O3. The molecule has 1 heterocycles. The molecule has 3 aromatic rings. The summed E-state index contributed by atoms with van der Waals surface area (Å²) in [4.78, 5) is 30.7. The van der Waals surface area contributed by atoms with E-state index in [0.29, 0.717) is 11.4 Å². The van der Waals surface area contributed by atoms with Crippen LogP contribution in [0, 0.1) is 13.8 Å². The minimum Gasteiger partial charge on any atom is -0.495 e. The lowest BCUT2D eigenvalue weighted by Crippen LogP contribution is -2.61. The number of hydrogen-bond donors (Lipinski definition) is 0. The highest BCUT2D eigenvalue weighted by Crippen LogP contribution is 2.35. The van der Waals surface area contributed by atoms with E-state index in [1.807, 2.05) is 93.6 Å². The first-order chi connectivity index (χ1) is 15.9. The zero-order valence-corrected chi connectivity index (χ0v) is 19.4. The first-order valence-corrected chi connectivity index (χ1v) is 11.0. The highest BCUT2D eigenvalue weighted by Gasteiger charge is 2.42. The molecule has 0 aromatic heterocycles. The smallest absolute Gasteiger partial charge is 0.255 e. The Morgan fingerprint density at radius 3 is 2.33 bits per heavy atom. The van der Waals surface area contributed by atoms with E-state index in [4.69, 9.17) is 4.74 Å². The summed E-state index contributed by atoms with van der Waals surface area (Å²) in [6.45, 7) is 5.84. The van der Waals surface area contributed by atoms with Crippen LogP contribution in [0.1, 0.15) is 23.6 Å². The highest BCUT2D eigenvalue weighted by atomic mass is 16.5. The number of amides is 2. The number of anilines is 2. The second kappa shape index (κ2) is 9.33. The summed E-state index contributed by atoms with van der Waals surface area (Å²) in [6, 6.07) is 22.3. The van der Waals surface area contributed by atoms with Gasteiger partial charge in [0.1, 0.15) is 18.3 Å². The third kappa shape index (κ3) is 4.40. The zero-order valence-electron chi connectivity index (χ0n) is 19.4. The number of para-hydroxylation sites is 2. The Kier molecular flexibility index (Phi) is 6.31. The monoisotopic (exact) mass is 440 g/mol. The van der Waals surface area contributed by atoms with Gasteiger partial charge < -0.3 is 4.74 Å². The van der Waals surface area contributed by atoms with E-state index in [0.717, 1.165) is 28.0 Å². The molecule has 0 bridgehead atoms. The molecule has 1 fully saturated rings. The highest BCUT2D eigenvalue weighted by molar-refractivity contribution is 6.16. The molecular weight excluding hydrogens is 412 g/mol. The van der Waals surface area contributed by atoms with Gasteiger partial charge in [0.25, 0.3) is 5.91 Å². The number of rotatable bonds is 5. The molecule has 33 heavy (non-hydrogen) atoms. The average Bonchev–Trinajstić information content (AvgIpc) is 2.81. The number of methoxy groups -OCH3 is 1. The number of hydrogen-bond acceptors (Lipinski definition) is 3. The number of piperazine rings is 1. The van der Waals surface area contributed by atoms with Crippen LogP contribution in [-0.4, -0.2) is 31.5 Å². The molecule has 1 aliphatic heterocycles. The van der Waals surface area contributed by atoms with Gasteiger partial charge in [-0.05, 0) is 55.7 Å². The van der Waals surface area contributed by atoms with Crippen molar-refractivity contribution in [1.29, 1.82) is 0 Å². The topological polar surface area (TPSA) is 49.9 Å². The van der Waals surface area contributed by atoms with Gasteiger partial charge in [0.2, 0.25) is 5.91 Å². The van der Waals surface area contributed by atoms with E-state index in [-0.39, 0.29) is 18.4 Å². The maximum atomic E-state index is 14.0. The Bertz CT molecular complexity index is 1220. The van der Waals surface area contributed by atoms with Crippen molar-refractivity contribution in [3.8, 4) is 5.75 Å². The molecule has 5 heteroatoms. The van der Waals surface area contributed by atoms with E-state index in [9.17, 15) is 9.59 Å². The summed E-state index contributed by atoms with van der Waals surface area (Å²) in [5.41, 5.74) is 5.18. The minimum atomic E-state index is -0.766. The second-order valence-corrected chi connectivity index (χ2v) is 8.35. The third-order valence-corrected chi connectivity index (χ3v) is 5.93. The Morgan fingerprint density at radius 1 is 0.939 bits per heavy atom. The number of ether oxygens (including phenoxy) is 1. The maximum Gasteiger partial charge on any atom is 0.255 e. The average molecular weight is 441 g/mol. The molecule has 0 unspecified atom stereocenters. The number of nitrogens with zero attached hydrogens (tertiary/aromatic N) is 2. The minimum absolute atomic E-state index is 0.0539. The standard InChI is InChI=1S/C28H28N2O3/c1-19-14-15-23(20(2)16-19)30-26(31)18-29(24-12-8-9-13-25(24)33-4)28(32)27(30)21(3)17-22-10-6-5-7-11-22/h5-17,27H,18H2,1-4H3/b21-17+/t27-/m1/s1. The normalized spacial score (nSPS) is 16.8. The lowest BCUT2D eigenvalue weighted by molar-refractivity contribution is -0.127. The van der Waals surface area contributed by atoms with E-state index in [2.05, 4.69) is 0 Å². The summed E-state index contributed by atoms with van der Waals surface area (Å²) >= 11 is 0. The summed E-state index contributed by atoms with van der Waals surface area (Å²) in [6.07, 6.45) is 1.97. The van der Waals surface area contributed by atoms with Crippen molar-refractivity contribution >= 4 is 29.3 Å². The summed E-state index contributed by atoms with van der Waals surface area (Å²) in [5, 5.41) is 0. The molecule has 3 aromatic carbocycles. The van der Waals surface area contributed by atoms with Crippen LogP contribution < -0.4 is 14.5 Å². The quantitative estimate of drug-likeness (QED) is 0.550. The Balaban J connectivity index is 1.84. The molecule has 0 spiro atoms. The van der Waals surface area contributed by atoms with E-state index < -0.39 is 6.04 Å². The molecule has 168 valence electrons. The van der Waals surface area contributed by atoms with Gasteiger partial charge in [0.05, 0.1) is 12.8 Å². The first-order valence-electron chi connectivity index (χ1n) is 11.0. The SMILES string of the molecule is COc1ccccc1N1CC(=O)N(c2ccc(C)cc2C)[C@H](/C(C)=C/c2ccccc2)C1=O. The molecule has 0 N–H and O–H groups in total. The largest absolute Gasteiger partial charge is 0.495 e. The third-order valence-electron chi connectivity index (χ3n) is 5.93. The Labute approximate surface area is 194 Å². The van der Waals surface area contributed by atoms with Gasteiger partial charge >= 0.3 is 0 Å². The lowest BCUT2D eigenvalue weighted by atomic mass is 9.97. The molecule has 0 saturated carbocycles. The summed E-state index contributed by atoms with van der Waals surface area (Å²) in [7, 11) is 1.56. The summed E-state index contributed by atoms with van der Waals surface area (Å²) in [5.74, 6) is 0.254. The van der Waals surface area contributed by atoms with Crippen LogP contribution in [0.4, 0.5) is 11.4 Å². The van der Waals surface area contributed by atoms with Crippen molar-refractivity contribution in [2.75, 3.05) is 23.5 Å². The number of aryl methyl sites for hydroxylation is 2. The van der Waals surface area contributed by atoms with Crippen molar-refractivity contribution in [3.63, 3.8) is 0 Å². The predicted molar refractivity (Wildman–Crippen MR) is 133 cm³/mol. The van der Waals surface area contributed by atoms with E-state index >= 15 is 0 Å². The van der Waals surface area contributed by atoms with Gasteiger partial charge in [-0.15, -0.1) is 0 Å². The molecule has 0 aliphatic carbocycles. The molecule has 5 nitrogen and oxygen atoms in total. The fraction of sp³-hybridized carbons (Fsp3) is 0.214. The van der Waals surface area contributed by atoms with Crippen LogP contribution in [0.5, 0.6) is 5.75 Å². The van der Waals surface area contributed by atoms with Crippen LogP contribution in [0.3, 0.4) is 0 Å². The lowest BCUT2D eigenvalue weighted by Gasteiger charge is -2.41. The van der Waals surface area contributed by atoms with Crippen molar-refractivity contribution in [2.24, 2.45) is 0 Å². The van der Waals surface area contributed by atoms with Gasteiger partial charge in [0.15, 0.2) is 0 Å². The van der Waals surface area contributed by atoms with Crippen molar-refractivity contribution < 1.29 is 14.3 Å². The fourth-order valence-corrected chi connectivity index (χ4v) is 4.39. The number of carbonyl (C=O) groups excluding carboxylic acids is 2. The van der Waals surface area contributed by atoms with Crippen LogP contribution in [0.25, 0.3) is 6.08 Å². The number of carbonyl (C=O) groups is 2. The van der Waals surface area contributed by atoms with Crippen molar-refractivity contribution in [3.05, 3.63) is 95.1 Å². The molecule has 1 saturated heterocycles. The Morgan fingerprint density at radius 2 is 1.64 bits per heavy atom. The van der Waals surface area contributed by atoms with Crippen LogP contribution in [0.2, 0.25) is 0 Å². The van der Waals surface area contributed by atoms with Crippen LogP contribution in [-0.2, 0) is 9.59 Å². The van der Waals surface area contributed by atoms with Gasteiger partial charge in [-0.2, -0.15) is 0 Å². The Hall–Kier alpha value is -3.86. The van der Waals surface area contributed by atoms with E-state index in [1.165, 1.54) is 4.90 Å². The summed E-state index contributed by atoms with van der Waals surface area (Å²) < 4.78 is 5.48. The van der Waals surface area contributed by atoms with Crippen LogP contribution >= 0.6 is 0 Å². The van der Waals surface area contributed by atoms with Crippen LogP contribution in [0.15, 0.2) is 78.4 Å². The maximum absolute atomic E-state index is 14.0. The molecule has 2 amide bonds. The number of benzene rings is 3. The van der Waals surface area contributed by atoms with Crippen molar-refractivity contribution in [2.45, 2.75) is 26.8 Å². The van der Waals surface area contributed by atoms with E-state index in [1.54, 1.807) is 18.1 Å². The molecule has 4 rings (SSSR count). The van der Waals surface area contributed by atoms with Gasteiger partial charge in [-0.3, -0.25) is 19.4 Å². The van der Waals surface area contributed by atoms with Gasteiger partial charge in [0, 0.05) is 5.69 Å². The fourth-order valence-electron chi connectivity index (χ4n) is 4.39. The zero-order chi connectivity index (χ0) is 23.5. The predicted octanol–water partition coefficient (Wildman–Crippen LogP) is 5.16. The van der Waals surface area contributed by atoms with Gasteiger partial charge in [-0.1, -0.05) is 66.2 Å². The van der Waals surface area contributed by atoms with Crippen molar-refractivity contribution in [1.82, 2.24) is 0 Å². The molecule has 1 atom stereocenters. The molecule has 0 radical (unpaired) electrons. The first kappa shape index (κ1) is 22.3. The second-order valence-electron chi connectivity index (χ2n) is 8.35. The molecule has 1 aliphatic rings. The van der Waals surface area contributed by atoms with Gasteiger partial charge in [-0.25, -0.2) is 0 Å².